The minimum Gasteiger partial charge on any atom is -0.364 e. The summed E-state index contributed by atoms with van der Waals surface area (Å²) in [6.07, 6.45) is 2.54. The highest BCUT2D eigenvalue weighted by molar-refractivity contribution is 7.09. The van der Waals surface area contributed by atoms with E-state index in [0.29, 0.717) is 12.5 Å². The molecule has 1 amide bonds. The average Bonchev–Trinajstić information content (AvgIpc) is 3.27. The predicted octanol–water partition coefficient (Wildman–Crippen LogP) is 2.77. The molecule has 2 heterocycles. The third-order valence-corrected chi connectivity index (χ3v) is 4.96. The molecule has 0 unspecified atom stereocenters. The van der Waals surface area contributed by atoms with Gasteiger partial charge in [-0.2, -0.15) is 0 Å². The number of anilines is 1. The van der Waals surface area contributed by atoms with E-state index in [9.17, 15) is 4.79 Å². The molecular weight excluding hydrogens is 282 g/mol. The summed E-state index contributed by atoms with van der Waals surface area (Å²) in [5.41, 5.74) is 5.03. The zero-order valence-corrected chi connectivity index (χ0v) is 12.5. The van der Waals surface area contributed by atoms with Crippen LogP contribution in [-0.4, -0.2) is 24.0 Å². The van der Waals surface area contributed by atoms with Gasteiger partial charge in [0.2, 0.25) is 0 Å². The molecule has 0 radical (unpaired) electrons. The molecule has 1 fully saturated rings. The van der Waals surface area contributed by atoms with Crippen LogP contribution in [0.2, 0.25) is 0 Å². The van der Waals surface area contributed by atoms with Gasteiger partial charge in [0.1, 0.15) is 0 Å². The van der Waals surface area contributed by atoms with Crippen LogP contribution in [0.25, 0.3) is 0 Å². The molecule has 1 N–H and O–H groups in total. The smallest absolute Gasteiger partial charge is 0.253 e. The Labute approximate surface area is 127 Å². The van der Waals surface area contributed by atoms with Gasteiger partial charge in [-0.05, 0) is 25.0 Å². The number of benzene rings is 1. The van der Waals surface area contributed by atoms with Gasteiger partial charge in [0.15, 0.2) is 0 Å². The van der Waals surface area contributed by atoms with Crippen LogP contribution in [0.4, 0.5) is 5.69 Å². The second kappa shape index (κ2) is 5.15. The Kier molecular flexibility index (Phi) is 3.15. The SMILES string of the molecule is O=C1NCCN(Cc2scnc2C2CC2)c2ccccc21. The maximum Gasteiger partial charge on any atom is 0.253 e. The molecule has 1 aromatic carbocycles. The van der Waals surface area contributed by atoms with Crippen molar-refractivity contribution < 1.29 is 4.79 Å². The summed E-state index contributed by atoms with van der Waals surface area (Å²) >= 11 is 1.74. The van der Waals surface area contributed by atoms with Gasteiger partial charge >= 0.3 is 0 Å². The second-order valence-electron chi connectivity index (χ2n) is 5.63. The molecule has 0 spiro atoms. The number of nitrogens with one attached hydrogen (secondary N) is 1. The van der Waals surface area contributed by atoms with E-state index in [1.54, 1.807) is 11.3 Å². The van der Waals surface area contributed by atoms with E-state index in [-0.39, 0.29) is 5.91 Å². The Morgan fingerprint density at radius 2 is 2.19 bits per heavy atom. The third kappa shape index (κ3) is 2.42. The Hall–Kier alpha value is -1.88. The van der Waals surface area contributed by atoms with Gasteiger partial charge in [-0.25, -0.2) is 4.98 Å². The number of aromatic nitrogens is 1. The molecule has 2 aliphatic rings. The highest BCUT2D eigenvalue weighted by atomic mass is 32.1. The molecule has 0 saturated heterocycles. The fraction of sp³-hybridized carbons (Fsp3) is 0.375. The van der Waals surface area contributed by atoms with E-state index in [2.05, 4.69) is 15.2 Å². The van der Waals surface area contributed by atoms with Crippen LogP contribution in [-0.2, 0) is 6.54 Å². The van der Waals surface area contributed by atoms with Crippen molar-refractivity contribution in [2.45, 2.75) is 25.3 Å². The quantitative estimate of drug-likeness (QED) is 0.948. The first kappa shape index (κ1) is 12.8. The number of hydrogen-bond acceptors (Lipinski definition) is 4. The Morgan fingerprint density at radius 3 is 3.05 bits per heavy atom. The van der Waals surface area contributed by atoms with Crippen molar-refractivity contribution in [3.8, 4) is 0 Å². The number of fused-ring (bicyclic) bond motifs is 1. The fourth-order valence-electron chi connectivity index (χ4n) is 2.89. The lowest BCUT2D eigenvalue weighted by Gasteiger charge is -2.23. The maximum absolute atomic E-state index is 12.1. The Balaban J connectivity index is 1.66. The summed E-state index contributed by atoms with van der Waals surface area (Å²) in [6, 6.07) is 7.86. The minimum absolute atomic E-state index is 0.0276. The minimum atomic E-state index is 0.0276. The molecule has 4 rings (SSSR count). The lowest BCUT2D eigenvalue weighted by atomic mass is 10.1. The number of carbonyl (C=O) groups is 1. The number of rotatable bonds is 3. The number of hydrogen-bond donors (Lipinski definition) is 1. The largest absolute Gasteiger partial charge is 0.364 e. The first-order valence-corrected chi connectivity index (χ1v) is 8.25. The maximum atomic E-state index is 12.1. The number of thiazole rings is 1. The molecule has 1 aliphatic carbocycles. The van der Waals surface area contributed by atoms with E-state index in [0.717, 1.165) is 24.3 Å². The number of nitrogens with zero attached hydrogens (tertiary/aromatic N) is 2. The monoisotopic (exact) mass is 299 g/mol. The molecule has 1 saturated carbocycles. The van der Waals surface area contributed by atoms with Crippen LogP contribution in [0.5, 0.6) is 0 Å². The van der Waals surface area contributed by atoms with Crippen molar-refractivity contribution in [2.24, 2.45) is 0 Å². The van der Waals surface area contributed by atoms with E-state index in [1.165, 1.54) is 23.4 Å². The number of carbonyl (C=O) groups excluding carboxylic acids is 1. The van der Waals surface area contributed by atoms with Gasteiger partial charge in [0.25, 0.3) is 5.91 Å². The van der Waals surface area contributed by atoms with E-state index >= 15 is 0 Å². The average molecular weight is 299 g/mol. The summed E-state index contributed by atoms with van der Waals surface area (Å²) in [5, 5.41) is 2.97. The van der Waals surface area contributed by atoms with E-state index in [1.807, 2.05) is 29.8 Å². The van der Waals surface area contributed by atoms with Gasteiger partial charge in [-0.1, -0.05) is 12.1 Å². The summed E-state index contributed by atoms with van der Waals surface area (Å²) in [4.78, 5) is 20.3. The van der Waals surface area contributed by atoms with Crippen LogP contribution < -0.4 is 10.2 Å². The first-order chi connectivity index (χ1) is 10.3. The highest BCUT2D eigenvalue weighted by Crippen LogP contribution is 2.42. The van der Waals surface area contributed by atoms with Crippen molar-refractivity contribution in [3.05, 3.63) is 45.9 Å². The zero-order chi connectivity index (χ0) is 14.2. The van der Waals surface area contributed by atoms with E-state index in [4.69, 9.17) is 0 Å². The summed E-state index contributed by atoms with van der Waals surface area (Å²) in [7, 11) is 0. The molecule has 5 heteroatoms. The summed E-state index contributed by atoms with van der Waals surface area (Å²) < 4.78 is 0. The summed E-state index contributed by atoms with van der Waals surface area (Å²) in [6.45, 7) is 2.37. The van der Waals surface area contributed by atoms with Gasteiger partial charge in [-0.15, -0.1) is 11.3 Å². The van der Waals surface area contributed by atoms with Crippen molar-refractivity contribution in [1.82, 2.24) is 10.3 Å². The molecule has 2 aromatic rings. The molecule has 0 bridgehead atoms. The van der Waals surface area contributed by atoms with E-state index < -0.39 is 0 Å². The van der Waals surface area contributed by atoms with Crippen molar-refractivity contribution in [3.63, 3.8) is 0 Å². The second-order valence-corrected chi connectivity index (χ2v) is 6.57. The molecular formula is C16H17N3OS. The van der Waals surface area contributed by atoms with Crippen LogP contribution in [0.1, 0.15) is 39.7 Å². The fourth-order valence-corrected chi connectivity index (χ4v) is 3.75. The van der Waals surface area contributed by atoms with Gasteiger partial charge < -0.3 is 10.2 Å². The topological polar surface area (TPSA) is 45.2 Å². The molecule has 4 nitrogen and oxygen atoms in total. The molecule has 108 valence electrons. The lowest BCUT2D eigenvalue weighted by Crippen LogP contribution is -2.29. The number of amides is 1. The predicted molar refractivity (Wildman–Crippen MR) is 83.9 cm³/mol. The van der Waals surface area contributed by atoms with Crippen molar-refractivity contribution in [2.75, 3.05) is 18.0 Å². The van der Waals surface area contributed by atoms with Crippen molar-refractivity contribution in [1.29, 1.82) is 0 Å². The molecule has 21 heavy (non-hydrogen) atoms. The molecule has 1 aliphatic heterocycles. The standard InChI is InChI=1S/C16H17N3OS/c20-16-12-3-1-2-4-13(12)19(8-7-17-16)9-14-15(11-5-6-11)18-10-21-14/h1-4,10-11H,5-9H2,(H,17,20). The molecule has 0 atom stereocenters. The first-order valence-electron chi connectivity index (χ1n) is 7.37. The van der Waals surface area contributed by atoms with Gasteiger partial charge in [0.05, 0.1) is 23.3 Å². The number of para-hydroxylation sites is 1. The van der Waals surface area contributed by atoms with Crippen LogP contribution in [0.3, 0.4) is 0 Å². The van der Waals surface area contributed by atoms with Gasteiger partial charge in [-0.3, -0.25) is 4.79 Å². The van der Waals surface area contributed by atoms with Gasteiger partial charge in [0, 0.05) is 29.6 Å². The Morgan fingerprint density at radius 1 is 1.33 bits per heavy atom. The highest BCUT2D eigenvalue weighted by Gasteiger charge is 2.29. The summed E-state index contributed by atoms with van der Waals surface area (Å²) in [5.74, 6) is 0.702. The zero-order valence-electron chi connectivity index (χ0n) is 11.7. The van der Waals surface area contributed by atoms with Crippen LogP contribution >= 0.6 is 11.3 Å². The normalized spacial score (nSPS) is 18.1. The third-order valence-electron chi connectivity index (χ3n) is 4.13. The van der Waals surface area contributed by atoms with Crippen LogP contribution in [0, 0.1) is 0 Å². The van der Waals surface area contributed by atoms with Crippen LogP contribution in [0.15, 0.2) is 29.8 Å². The lowest BCUT2D eigenvalue weighted by molar-refractivity contribution is 0.0958. The Bertz CT molecular complexity index is 678. The van der Waals surface area contributed by atoms with Crippen molar-refractivity contribution >= 4 is 22.9 Å². The molecule has 1 aromatic heterocycles.